The Hall–Kier alpha value is -1.68. The van der Waals surface area contributed by atoms with Gasteiger partial charge in [0.25, 0.3) is 0 Å². The summed E-state index contributed by atoms with van der Waals surface area (Å²) in [6.07, 6.45) is 3.09. The molecule has 0 unspecified atom stereocenters. The normalized spacial score (nSPS) is 14.3. The minimum absolute atomic E-state index is 0.523. The molecule has 2 aromatic rings. The third-order valence-corrected chi connectivity index (χ3v) is 3.38. The van der Waals surface area contributed by atoms with E-state index in [1.165, 1.54) is 10.9 Å². The second-order valence-electron chi connectivity index (χ2n) is 5.21. The van der Waals surface area contributed by atoms with Crippen molar-refractivity contribution < 1.29 is 9.47 Å². The first kappa shape index (κ1) is 12.4. The van der Waals surface area contributed by atoms with Crippen molar-refractivity contribution >= 4 is 10.9 Å². The molecular formula is C15H20N2O2. The monoisotopic (exact) mass is 260 g/mol. The van der Waals surface area contributed by atoms with E-state index in [1.54, 1.807) is 0 Å². The number of benzene rings is 1. The number of hydrogen-bond acceptors (Lipinski definition) is 3. The molecule has 1 aromatic heterocycles. The zero-order valence-corrected chi connectivity index (χ0v) is 11.5. The van der Waals surface area contributed by atoms with Crippen LogP contribution in [-0.4, -0.2) is 30.8 Å². The first-order valence-electron chi connectivity index (χ1n) is 6.87. The van der Waals surface area contributed by atoms with E-state index in [9.17, 15) is 0 Å². The summed E-state index contributed by atoms with van der Waals surface area (Å²) < 4.78 is 11.2. The van der Waals surface area contributed by atoms with E-state index < -0.39 is 0 Å². The van der Waals surface area contributed by atoms with Gasteiger partial charge in [0, 0.05) is 29.2 Å². The van der Waals surface area contributed by atoms with E-state index in [4.69, 9.17) is 9.47 Å². The number of rotatable bonds is 4. The van der Waals surface area contributed by atoms with Crippen LogP contribution in [0.5, 0.6) is 11.5 Å². The minimum Gasteiger partial charge on any atom is -0.486 e. The van der Waals surface area contributed by atoms with Gasteiger partial charge in [0.15, 0.2) is 11.5 Å². The van der Waals surface area contributed by atoms with E-state index in [-0.39, 0.29) is 0 Å². The summed E-state index contributed by atoms with van der Waals surface area (Å²) in [6.45, 7) is 6.57. The molecule has 0 atom stereocenters. The Morgan fingerprint density at radius 3 is 2.68 bits per heavy atom. The van der Waals surface area contributed by atoms with Crippen molar-refractivity contribution in [1.29, 1.82) is 0 Å². The maximum Gasteiger partial charge on any atom is 0.163 e. The highest BCUT2D eigenvalue weighted by Gasteiger charge is 2.14. The van der Waals surface area contributed by atoms with Crippen molar-refractivity contribution in [2.24, 2.45) is 0 Å². The molecule has 2 N–H and O–H groups in total. The number of aromatic nitrogens is 1. The summed E-state index contributed by atoms with van der Waals surface area (Å²) in [7, 11) is 0. The van der Waals surface area contributed by atoms with Crippen LogP contribution >= 0.6 is 0 Å². The van der Waals surface area contributed by atoms with Crippen LogP contribution in [0.15, 0.2) is 18.3 Å². The average molecular weight is 260 g/mol. The van der Waals surface area contributed by atoms with E-state index in [0.29, 0.717) is 19.3 Å². The van der Waals surface area contributed by atoms with Crippen molar-refractivity contribution in [3.8, 4) is 11.5 Å². The van der Waals surface area contributed by atoms with Crippen LogP contribution in [0.3, 0.4) is 0 Å². The molecule has 3 rings (SSSR count). The number of nitrogens with one attached hydrogen (secondary N) is 2. The minimum atomic E-state index is 0.523. The van der Waals surface area contributed by atoms with Crippen LogP contribution in [0.2, 0.25) is 0 Å². The lowest BCUT2D eigenvalue weighted by atomic mass is 10.1. The number of fused-ring (bicyclic) bond motifs is 2. The molecule has 0 aliphatic carbocycles. The molecule has 1 aliphatic rings. The predicted molar refractivity (Wildman–Crippen MR) is 76.1 cm³/mol. The number of aromatic amines is 1. The largest absolute Gasteiger partial charge is 0.486 e. The van der Waals surface area contributed by atoms with Crippen LogP contribution in [0.1, 0.15) is 19.4 Å². The molecule has 4 nitrogen and oxygen atoms in total. The first-order chi connectivity index (χ1) is 9.24. The average Bonchev–Trinajstić information content (AvgIpc) is 2.78. The fourth-order valence-electron chi connectivity index (χ4n) is 2.42. The molecule has 0 saturated heterocycles. The summed E-state index contributed by atoms with van der Waals surface area (Å²) in [5, 5.41) is 4.67. The molecule has 1 aromatic carbocycles. The third kappa shape index (κ3) is 2.54. The van der Waals surface area contributed by atoms with Gasteiger partial charge in [0.05, 0.1) is 0 Å². The molecule has 4 heteroatoms. The van der Waals surface area contributed by atoms with Crippen molar-refractivity contribution in [2.75, 3.05) is 19.8 Å². The highest BCUT2D eigenvalue weighted by molar-refractivity contribution is 5.86. The number of H-pyrrole nitrogens is 1. The molecule has 102 valence electrons. The van der Waals surface area contributed by atoms with Crippen molar-refractivity contribution in [3.63, 3.8) is 0 Å². The van der Waals surface area contributed by atoms with Gasteiger partial charge >= 0.3 is 0 Å². The lowest BCUT2D eigenvalue weighted by Crippen LogP contribution is -2.24. The zero-order chi connectivity index (χ0) is 13.2. The quantitative estimate of drug-likeness (QED) is 0.887. The maximum absolute atomic E-state index is 5.64. The van der Waals surface area contributed by atoms with Crippen molar-refractivity contribution in [2.45, 2.75) is 26.3 Å². The standard InChI is InChI=1S/C15H20N2O2/c1-10(2)16-4-3-11-9-17-13-8-15-14(7-12(11)13)18-5-6-19-15/h7-10,16-17H,3-6H2,1-2H3. The molecule has 0 radical (unpaired) electrons. The second kappa shape index (κ2) is 5.13. The SMILES string of the molecule is CC(C)NCCc1c[nH]c2cc3c(cc12)OCCO3. The molecular weight excluding hydrogens is 240 g/mol. The molecule has 0 spiro atoms. The van der Waals surface area contributed by atoms with Gasteiger partial charge in [-0.05, 0) is 24.6 Å². The lowest BCUT2D eigenvalue weighted by molar-refractivity contribution is 0.172. The summed E-state index contributed by atoms with van der Waals surface area (Å²) in [4.78, 5) is 3.31. The van der Waals surface area contributed by atoms with Gasteiger partial charge in [-0.15, -0.1) is 0 Å². The molecule has 0 saturated carbocycles. The number of ether oxygens (including phenoxy) is 2. The summed E-state index contributed by atoms with van der Waals surface area (Å²) in [5.74, 6) is 1.70. The molecule has 0 fully saturated rings. The highest BCUT2D eigenvalue weighted by Crippen LogP contribution is 2.35. The van der Waals surface area contributed by atoms with Crippen molar-refractivity contribution in [3.05, 3.63) is 23.9 Å². The van der Waals surface area contributed by atoms with Gasteiger partial charge < -0.3 is 19.8 Å². The number of hydrogen-bond donors (Lipinski definition) is 2. The van der Waals surface area contributed by atoms with Gasteiger partial charge in [0.1, 0.15) is 13.2 Å². The molecule has 2 heterocycles. The van der Waals surface area contributed by atoms with E-state index >= 15 is 0 Å². The van der Waals surface area contributed by atoms with Crippen LogP contribution in [0.25, 0.3) is 10.9 Å². The Labute approximate surface area is 113 Å². The molecule has 0 amide bonds. The van der Waals surface area contributed by atoms with Crippen molar-refractivity contribution in [1.82, 2.24) is 10.3 Å². The van der Waals surface area contributed by atoms with Crippen LogP contribution in [0.4, 0.5) is 0 Å². The van der Waals surface area contributed by atoms with Crippen LogP contribution < -0.4 is 14.8 Å². The summed E-state index contributed by atoms with van der Waals surface area (Å²) >= 11 is 0. The smallest absolute Gasteiger partial charge is 0.163 e. The second-order valence-corrected chi connectivity index (χ2v) is 5.21. The first-order valence-corrected chi connectivity index (χ1v) is 6.87. The molecule has 1 aliphatic heterocycles. The Bertz CT molecular complexity index is 575. The van der Waals surface area contributed by atoms with Crippen LogP contribution in [0, 0.1) is 0 Å². The van der Waals surface area contributed by atoms with Gasteiger partial charge in [-0.2, -0.15) is 0 Å². The predicted octanol–water partition coefficient (Wildman–Crippen LogP) is 2.48. The van der Waals surface area contributed by atoms with Gasteiger partial charge in [0.2, 0.25) is 0 Å². The van der Waals surface area contributed by atoms with Gasteiger partial charge in [-0.25, -0.2) is 0 Å². The summed E-state index contributed by atoms with van der Waals surface area (Å²) in [5.41, 5.74) is 2.43. The zero-order valence-electron chi connectivity index (χ0n) is 11.5. The van der Waals surface area contributed by atoms with Gasteiger partial charge in [-0.1, -0.05) is 13.8 Å². The van der Waals surface area contributed by atoms with Gasteiger partial charge in [-0.3, -0.25) is 0 Å². The molecule has 0 bridgehead atoms. The fourth-order valence-corrected chi connectivity index (χ4v) is 2.42. The Balaban J connectivity index is 1.85. The molecule has 19 heavy (non-hydrogen) atoms. The van der Waals surface area contributed by atoms with Crippen LogP contribution in [-0.2, 0) is 6.42 Å². The Morgan fingerprint density at radius 1 is 1.21 bits per heavy atom. The fraction of sp³-hybridized carbons (Fsp3) is 0.467. The topological polar surface area (TPSA) is 46.3 Å². The van der Waals surface area contributed by atoms with E-state index in [0.717, 1.165) is 30.0 Å². The maximum atomic E-state index is 5.64. The van der Waals surface area contributed by atoms with E-state index in [2.05, 4.69) is 36.4 Å². The Morgan fingerprint density at radius 2 is 1.95 bits per heavy atom. The summed E-state index contributed by atoms with van der Waals surface area (Å²) in [6, 6.07) is 4.64. The highest BCUT2D eigenvalue weighted by atomic mass is 16.6. The Kier molecular flexibility index (Phi) is 3.34. The third-order valence-electron chi connectivity index (χ3n) is 3.38. The van der Waals surface area contributed by atoms with E-state index in [1.807, 2.05) is 6.07 Å². The lowest BCUT2D eigenvalue weighted by Gasteiger charge is -2.18.